The molecule has 0 saturated carbocycles. The molecule has 28 heavy (non-hydrogen) atoms. The first kappa shape index (κ1) is 19.7. The van der Waals surface area contributed by atoms with Gasteiger partial charge in [-0.25, -0.2) is 0 Å². The molecule has 146 valence electrons. The third-order valence-electron chi connectivity index (χ3n) is 4.60. The number of Topliss-reactive ketones (excluding diaryl/α,β-unsaturated/α-hetero) is 1. The van der Waals surface area contributed by atoms with Gasteiger partial charge in [0.2, 0.25) is 0 Å². The molecular formula is C23H25NO4. The lowest BCUT2D eigenvalue weighted by Crippen LogP contribution is -2.30. The highest BCUT2D eigenvalue weighted by Gasteiger charge is 2.45. The van der Waals surface area contributed by atoms with Crippen LogP contribution in [0.2, 0.25) is 0 Å². The Bertz CT molecular complexity index is 902. The van der Waals surface area contributed by atoms with E-state index in [1.54, 1.807) is 24.3 Å². The molecule has 2 aromatic carbocycles. The topological polar surface area (TPSA) is 66.8 Å². The van der Waals surface area contributed by atoms with E-state index in [4.69, 9.17) is 4.74 Å². The molecule has 0 aliphatic carbocycles. The van der Waals surface area contributed by atoms with Crippen molar-refractivity contribution in [2.45, 2.75) is 39.3 Å². The summed E-state index contributed by atoms with van der Waals surface area (Å²) in [6.07, 6.45) is 0.700. The molecule has 1 unspecified atom stereocenters. The Labute approximate surface area is 165 Å². The summed E-state index contributed by atoms with van der Waals surface area (Å²) >= 11 is 0. The van der Waals surface area contributed by atoms with Gasteiger partial charge in [0.05, 0.1) is 17.7 Å². The quantitative estimate of drug-likeness (QED) is 0.461. The van der Waals surface area contributed by atoms with Crippen LogP contribution in [-0.4, -0.2) is 34.3 Å². The Balaban J connectivity index is 2.13. The Morgan fingerprint density at radius 2 is 1.82 bits per heavy atom. The number of carbonyl (C=O) groups excluding carboxylic acids is 2. The second kappa shape index (κ2) is 8.30. The van der Waals surface area contributed by atoms with Crippen LogP contribution in [0.25, 0.3) is 5.76 Å². The van der Waals surface area contributed by atoms with Gasteiger partial charge < -0.3 is 14.7 Å². The number of ketones is 1. The van der Waals surface area contributed by atoms with Crippen LogP contribution >= 0.6 is 0 Å². The van der Waals surface area contributed by atoms with Crippen LogP contribution in [0, 0.1) is 0 Å². The van der Waals surface area contributed by atoms with Crippen LogP contribution in [0.5, 0.6) is 5.75 Å². The summed E-state index contributed by atoms with van der Waals surface area (Å²) in [4.78, 5) is 27.0. The second-order valence-corrected chi connectivity index (χ2v) is 7.10. The van der Waals surface area contributed by atoms with Crippen molar-refractivity contribution >= 4 is 17.4 Å². The molecule has 1 saturated heterocycles. The highest BCUT2D eigenvalue weighted by Crippen LogP contribution is 2.39. The van der Waals surface area contributed by atoms with E-state index in [9.17, 15) is 14.7 Å². The monoisotopic (exact) mass is 379 g/mol. The van der Waals surface area contributed by atoms with E-state index < -0.39 is 17.7 Å². The molecule has 0 bridgehead atoms. The van der Waals surface area contributed by atoms with Crippen LogP contribution in [0.15, 0.2) is 60.2 Å². The number of rotatable bonds is 6. The summed E-state index contributed by atoms with van der Waals surface area (Å²) in [5.74, 6) is -0.820. The minimum absolute atomic E-state index is 0.0168. The van der Waals surface area contributed by atoms with Gasteiger partial charge in [-0.3, -0.25) is 9.59 Å². The summed E-state index contributed by atoms with van der Waals surface area (Å²) in [6.45, 7) is 6.22. The van der Waals surface area contributed by atoms with Crippen LogP contribution in [0.3, 0.4) is 0 Å². The van der Waals surface area contributed by atoms with Crippen molar-refractivity contribution in [3.05, 3.63) is 71.3 Å². The second-order valence-electron chi connectivity index (χ2n) is 7.10. The van der Waals surface area contributed by atoms with Crippen molar-refractivity contribution in [1.82, 2.24) is 4.90 Å². The van der Waals surface area contributed by atoms with E-state index >= 15 is 0 Å². The van der Waals surface area contributed by atoms with Crippen molar-refractivity contribution in [1.29, 1.82) is 0 Å². The number of carbonyl (C=O) groups is 2. The van der Waals surface area contributed by atoms with E-state index in [0.29, 0.717) is 24.3 Å². The van der Waals surface area contributed by atoms with Crippen LogP contribution in [0.1, 0.15) is 44.4 Å². The Morgan fingerprint density at radius 1 is 1.11 bits per heavy atom. The highest BCUT2D eigenvalue weighted by molar-refractivity contribution is 6.46. The lowest BCUT2D eigenvalue weighted by atomic mass is 9.95. The number of benzene rings is 2. The van der Waals surface area contributed by atoms with Gasteiger partial charge >= 0.3 is 0 Å². The Hall–Kier alpha value is -3.08. The van der Waals surface area contributed by atoms with Crippen LogP contribution in [-0.2, 0) is 9.59 Å². The molecule has 1 aliphatic rings. The summed E-state index contributed by atoms with van der Waals surface area (Å²) in [5.41, 5.74) is 1.37. The molecule has 5 heteroatoms. The van der Waals surface area contributed by atoms with Crippen molar-refractivity contribution < 1.29 is 19.4 Å². The predicted octanol–water partition coefficient (Wildman–Crippen LogP) is 4.31. The number of aliphatic hydroxyl groups is 1. The first-order valence-electron chi connectivity index (χ1n) is 9.54. The van der Waals surface area contributed by atoms with Crippen LogP contribution < -0.4 is 4.74 Å². The van der Waals surface area contributed by atoms with Gasteiger partial charge in [-0.15, -0.1) is 0 Å². The van der Waals surface area contributed by atoms with E-state index in [0.717, 1.165) is 5.56 Å². The van der Waals surface area contributed by atoms with E-state index in [1.807, 2.05) is 51.1 Å². The summed E-state index contributed by atoms with van der Waals surface area (Å²) in [6, 6.07) is 15.7. The van der Waals surface area contributed by atoms with E-state index in [-0.39, 0.29) is 17.4 Å². The minimum atomic E-state index is -0.657. The van der Waals surface area contributed by atoms with Crippen molar-refractivity contribution in [2.24, 2.45) is 0 Å². The van der Waals surface area contributed by atoms with Gasteiger partial charge in [0.25, 0.3) is 11.7 Å². The molecule has 1 N–H and O–H groups in total. The molecule has 1 heterocycles. The zero-order valence-corrected chi connectivity index (χ0v) is 16.4. The molecule has 0 radical (unpaired) electrons. The molecule has 5 nitrogen and oxygen atoms in total. The molecule has 1 atom stereocenters. The lowest BCUT2D eigenvalue weighted by Gasteiger charge is -2.24. The number of aliphatic hydroxyl groups excluding tert-OH is 1. The third-order valence-corrected chi connectivity index (χ3v) is 4.60. The SMILES string of the molecule is CCCN1C(=O)C(=O)/C(=C(\O)c2cccc(OC(C)C)c2)C1c1ccccc1. The summed E-state index contributed by atoms with van der Waals surface area (Å²) in [7, 11) is 0. The molecule has 0 aromatic heterocycles. The van der Waals surface area contributed by atoms with Gasteiger partial charge in [0.1, 0.15) is 11.5 Å². The number of amides is 1. The molecule has 1 aliphatic heterocycles. The summed E-state index contributed by atoms with van der Waals surface area (Å²) < 4.78 is 5.69. The average Bonchev–Trinajstić information content (AvgIpc) is 2.93. The van der Waals surface area contributed by atoms with Crippen molar-refractivity contribution in [2.75, 3.05) is 6.54 Å². The maximum atomic E-state index is 12.8. The van der Waals surface area contributed by atoms with Gasteiger partial charge in [0, 0.05) is 12.1 Å². The number of nitrogens with zero attached hydrogens (tertiary/aromatic N) is 1. The van der Waals surface area contributed by atoms with Crippen molar-refractivity contribution in [3.8, 4) is 5.75 Å². The zero-order valence-electron chi connectivity index (χ0n) is 16.4. The largest absolute Gasteiger partial charge is 0.507 e. The zero-order chi connectivity index (χ0) is 20.3. The van der Waals surface area contributed by atoms with Crippen LogP contribution in [0.4, 0.5) is 0 Å². The van der Waals surface area contributed by atoms with Gasteiger partial charge in [0.15, 0.2) is 0 Å². The number of likely N-dealkylation sites (tertiary alicyclic amines) is 1. The highest BCUT2D eigenvalue weighted by atomic mass is 16.5. The first-order chi connectivity index (χ1) is 13.4. The molecular weight excluding hydrogens is 354 g/mol. The normalized spacial score (nSPS) is 18.7. The molecule has 1 fully saturated rings. The fourth-order valence-electron chi connectivity index (χ4n) is 3.48. The van der Waals surface area contributed by atoms with Crippen molar-refractivity contribution in [3.63, 3.8) is 0 Å². The van der Waals surface area contributed by atoms with E-state index in [1.165, 1.54) is 4.90 Å². The maximum absolute atomic E-state index is 12.8. The number of hydrogen-bond acceptors (Lipinski definition) is 4. The predicted molar refractivity (Wildman–Crippen MR) is 108 cm³/mol. The maximum Gasteiger partial charge on any atom is 0.295 e. The lowest BCUT2D eigenvalue weighted by molar-refractivity contribution is -0.139. The van der Waals surface area contributed by atoms with E-state index in [2.05, 4.69) is 0 Å². The standard InChI is InChI=1S/C23H25NO4/c1-4-13-24-20(16-9-6-5-7-10-16)19(22(26)23(24)27)21(25)17-11-8-12-18(14-17)28-15(2)3/h5-12,14-15,20,25H,4,13H2,1-3H3/b21-19-. The number of ether oxygens (including phenoxy) is 1. The average molecular weight is 379 g/mol. The Morgan fingerprint density at radius 3 is 2.46 bits per heavy atom. The first-order valence-corrected chi connectivity index (χ1v) is 9.54. The van der Waals surface area contributed by atoms with Gasteiger partial charge in [-0.2, -0.15) is 0 Å². The number of hydrogen-bond donors (Lipinski definition) is 1. The van der Waals surface area contributed by atoms with Gasteiger partial charge in [-0.1, -0.05) is 49.4 Å². The molecule has 0 spiro atoms. The smallest absolute Gasteiger partial charge is 0.295 e. The molecule has 2 aromatic rings. The molecule has 3 rings (SSSR count). The Kier molecular flexibility index (Phi) is 5.83. The summed E-state index contributed by atoms with van der Waals surface area (Å²) in [5, 5.41) is 11.0. The fraction of sp³-hybridized carbons (Fsp3) is 0.304. The van der Waals surface area contributed by atoms with Gasteiger partial charge in [-0.05, 0) is 38.0 Å². The third kappa shape index (κ3) is 3.79. The molecule has 1 amide bonds. The minimum Gasteiger partial charge on any atom is -0.507 e. The fourth-order valence-corrected chi connectivity index (χ4v) is 3.48.